The maximum absolute atomic E-state index is 5.11. The molecule has 0 spiro atoms. The molecule has 3 nitrogen and oxygen atoms in total. The smallest absolute Gasteiger partial charge is 0.160 e. The van der Waals surface area contributed by atoms with Crippen molar-refractivity contribution in [3.8, 4) is 56.3 Å². The van der Waals surface area contributed by atoms with Crippen LogP contribution in [0.5, 0.6) is 0 Å². The fraction of sp³-hybridized carbons (Fsp3) is 0. The van der Waals surface area contributed by atoms with Crippen molar-refractivity contribution < 1.29 is 0 Å². The summed E-state index contributed by atoms with van der Waals surface area (Å²) in [5, 5.41) is 2.59. The van der Waals surface area contributed by atoms with E-state index in [4.69, 9.17) is 9.97 Å². The van der Waals surface area contributed by atoms with Crippen LogP contribution in [0.3, 0.4) is 0 Å². The Morgan fingerprint density at radius 3 is 1.81 bits per heavy atom. The Balaban J connectivity index is 1.35. The van der Waals surface area contributed by atoms with E-state index >= 15 is 0 Å². The van der Waals surface area contributed by atoms with Crippen molar-refractivity contribution in [3.63, 3.8) is 0 Å². The van der Waals surface area contributed by atoms with Crippen LogP contribution in [-0.4, -0.2) is 15.0 Å². The fourth-order valence-corrected chi connectivity index (χ4v) is 6.69. The first kappa shape index (κ1) is 25.3. The predicted octanol–water partition coefficient (Wildman–Crippen LogP) is 10.6. The van der Waals surface area contributed by atoms with Gasteiger partial charge in [0.1, 0.15) is 0 Å². The van der Waals surface area contributed by atoms with Crippen molar-refractivity contribution >= 4 is 31.5 Å². The molecule has 3 heterocycles. The Kier molecular flexibility index (Phi) is 6.32. The van der Waals surface area contributed by atoms with Gasteiger partial charge in [-0.3, -0.25) is 4.98 Å². The maximum atomic E-state index is 5.11. The quantitative estimate of drug-likeness (QED) is 0.208. The van der Waals surface area contributed by atoms with E-state index in [1.165, 1.54) is 25.7 Å². The second-order valence-corrected chi connectivity index (χ2v) is 11.6. The molecule has 0 bridgehead atoms. The summed E-state index contributed by atoms with van der Waals surface area (Å²) >= 11 is 1.84. The number of hydrogen-bond acceptors (Lipinski definition) is 4. The van der Waals surface area contributed by atoms with Gasteiger partial charge in [-0.2, -0.15) is 0 Å². The van der Waals surface area contributed by atoms with Crippen LogP contribution < -0.4 is 0 Å². The molecule has 0 atom stereocenters. The van der Waals surface area contributed by atoms with E-state index in [1.54, 1.807) is 6.20 Å². The van der Waals surface area contributed by atoms with Gasteiger partial charge in [-0.05, 0) is 76.9 Å². The summed E-state index contributed by atoms with van der Waals surface area (Å²) in [7, 11) is 0. The highest BCUT2D eigenvalue weighted by Gasteiger charge is 2.14. The second kappa shape index (κ2) is 10.8. The summed E-state index contributed by atoms with van der Waals surface area (Å²) in [6.45, 7) is 0. The summed E-state index contributed by atoms with van der Waals surface area (Å²) in [4.78, 5) is 14.7. The third-order valence-electron chi connectivity index (χ3n) is 7.73. The van der Waals surface area contributed by atoms with E-state index in [-0.39, 0.29) is 0 Å². The van der Waals surface area contributed by atoms with E-state index in [0.29, 0.717) is 5.82 Å². The minimum atomic E-state index is 0.677. The molecule has 43 heavy (non-hydrogen) atoms. The molecule has 202 valence electrons. The number of aromatic nitrogens is 3. The van der Waals surface area contributed by atoms with Crippen molar-refractivity contribution in [2.24, 2.45) is 0 Å². The van der Waals surface area contributed by atoms with Gasteiger partial charge in [-0.15, -0.1) is 11.3 Å². The van der Waals surface area contributed by atoms with Gasteiger partial charge < -0.3 is 0 Å². The lowest BCUT2D eigenvalue weighted by atomic mass is 9.94. The zero-order valence-electron chi connectivity index (χ0n) is 23.2. The highest BCUT2D eigenvalue weighted by Crippen LogP contribution is 2.39. The highest BCUT2D eigenvalue weighted by molar-refractivity contribution is 7.25. The Morgan fingerprint density at radius 1 is 0.372 bits per heavy atom. The number of rotatable bonds is 5. The second-order valence-electron chi connectivity index (χ2n) is 10.5. The van der Waals surface area contributed by atoms with Crippen molar-refractivity contribution in [1.29, 1.82) is 0 Å². The standard InChI is InChI=1S/C39H25N3S/c1-3-11-26(12-4-1)29-21-30(28-18-19-38-33(24-28)32-15-7-8-17-37(32)43-38)23-31(22-29)35-25-36(34-16-9-10-20-40-34)42-39(41-35)27-13-5-2-6-14-27/h1-25H. The van der Waals surface area contributed by atoms with Gasteiger partial charge in [0.15, 0.2) is 5.82 Å². The predicted molar refractivity (Wildman–Crippen MR) is 180 cm³/mol. The average Bonchev–Trinajstić information content (AvgIpc) is 3.47. The maximum Gasteiger partial charge on any atom is 0.160 e. The van der Waals surface area contributed by atoms with Gasteiger partial charge in [-0.1, -0.05) is 91.0 Å². The van der Waals surface area contributed by atoms with Crippen LogP contribution in [-0.2, 0) is 0 Å². The summed E-state index contributed by atoms with van der Waals surface area (Å²) in [5.74, 6) is 0.677. The van der Waals surface area contributed by atoms with Crippen molar-refractivity contribution in [3.05, 3.63) is 152 Å². The third kappa shape index (κ3) is 4.88. The molecule has 0 N–H and O–H groups in total. The number of benzene rings is 5. The Hall–Kier alpha value is -5.45. The van der Waals surface area contributed by atoms with E-state index in [0.717, 1.165) is 44.9 Å². The van der Waals surface area contributed by atoms with Crippen molar-refractivity contribution in [1.82, 2.24) is 15.0 Å². The SMILES string of the molecule is c1ccc(-c2cc(-c3ccc4sc5ccccc5c4c3)cc(-c3cc(-c4ccccn4)nc(-c4ccccc4)n3)c2)cc1. The van der Waals surface area contributed by atoms with Gasteiger partial charge in [0.25, 0.3) is 0 Å². The molecule has 8 rings (SSSR count). The Labute approximate surface area is 253 Å². The number of hydrogen-bond donors (Lipinski definition) is 0. The number of pyridine rings is 1. The van der Waals surface area contributed by atoms with Gasteiger partial charge >= 0.3 is 0 Å². The summed E-state index contributed by atoms with van der Waals surface area (Å²) in [5.41, 5.74) is 9.09. The number of nitrogens with zero attached hydrogens (tertiary/aromatic N) is 3. The molecule has 0 radical (unpaired) electrons. The van der Waals surface area contributed by atoms with Crippen LogP contribution in [0.15, 0.2) is 152 Å². The summed E-state index contributed by atoms with van der Waals surface area (Å²) in [6.07, 6.45) is 1.80. The van der Waals surface area contributed by atoms with Crippen molar-refractivity contribution in [2.45, 2.75) is 0 Å². The summed E-state index contributed by atoms with van der Waals surface area (Å²) in [6, 6.07) is 50.9. The first-order valence-corrected chi connectivity index (χ1v) is 15.1. The molecule has 5 aromatic carbocycles. The first-order chi connectivity index (χ1) is 21.3. The molecular weight excluding hydrogens is 543 g/mol. The molecule has 3 aromatic heterocycles. The van der Waals surface area contributed by atoms with Crippen LogP contribution in [0.4, 0.5) is 0 Å². The molecule has 0 amide bonds. The monoisotopic (exact) mass is 567 g/mol. The first-order valence-electron chi connectivity index (χ1n) is 14.3. The van der Waals surface area contributed by atoms with Gasteiger partial charge in [0.05, 0.1) is 17.1 Å². The van der Waals surface area contributed by atoms with Crippen molar-refractivity contribution in [2.75, 3.05) is 0 Å². The highest BCUT2D eigenvalue weighted by atomic mass is 32.1. The lowest BCUT2D eigenvalue weighted by Gasteiger charge is -2.13. The summed E-state index contributed by atoms with van der Waals surface area (Å²) < 4.78 is 2.61. The van der Waals surface area contributed by atoms with Crippen LogP contribution in [0, 0.1) is 0 Å². The number of thiophene rings is 1. The molecule has 0 saturated carbocycles. The van der Waals surface area contributed by atoms with E-state index < -0.39 is 0 Å². The van der Waals surface area contributed by atoms with Gasteiger partial charge in [-0.25, -0.2) is 9.97 Å². The lowest BCUT2D eigenvalue weighted by Crippen LogP contribution is -1.97. The lowest BCUT2D eigenvalue weighted by molar-refractivity contribution is 1.16. The Morgan fingerprint density at radius 2 is 1.02 bits per heavy atom. The van der Waals surface area contributed by atoms with Crippen LogP contribution >= 0.6 is 11.3 Å². The largest absolute Gasteiger partial charge is 0.255 e. The zero-order chi connectivity index (χ0) is 28.6. The normalized spacial score (nSPS) is 11.3. The van der Waals surface area contributed by atoms with Crippen LogP contribution in [0.25, 0.3) is 76.5 Å². The minimum Gasteiger partial charge on any atom is -0.255 e. The molecule has 0 unspecified atom stereocenters. The molecule has 4 heteroatoms. The molecule has 0 saturated heterocycles. The van der Waals surface area contributed by atoms with E-state index in [9.17, 15) is 0 Å². The van der Waals surface area contributed by atoms with E-state index in [1.807, 2.05) is 59.9 Å². The topological polar surface area (TPSA) is 38.7 Å². The fourth-order valence-electron chi connectivity index (χ4n) is 5.60. The van der Waals surface area contributed by atoms with Crippen LogP contribution in [0.2, 0.25) is 0 Å². The molecule has 0 fully saturated rings. The van der Waals surface area contributed by atoms with E-state index in [2.05, 4.69) is 102 Å². The third-order valence-corrected chi connectivity index (χ3v) is 8.88. The molecule has 0 aliphatic heterocycles. The molecule has 0 aliphatic carbocycles. The minimum absolute atomic E-state index is 0.677. The molecular formula is C39H25N3S. The average molecular weight is 568 g/mol. The Bertz CT molecular complexity index is 2170. The van der Waals surface area contributed by atoms with Crippen LogP contribution in [0.1, 0.15) is 0 Å². The number of fused-ring (bicyclic) bond motifs is 3. The zero-order valence-corrected chi connectivity index (χ0v) is 24.0. The van der Waals surface area contributed by atoms with Gasteiger partial charge in [0.2, 0.25) is 0 Å². The molecule has 0 aliphatic rings. The van der Waals surface area contributed by atoms with Gasteiger partial charge in [0, 0.05) is 37.5 Å². The molecule has 8 aromatic rings.